The van der Waals surface area contributed by atoms with Crippen molar-refractivity contribution < 1.29 is 28.8 Å². The van der Waals surface area contributed by atoms with E-state index in [0.717, 1.165) is 23.5 Å². The van der Waals surface area contributed by atoms with Crippen LogP contribution in [0.15, 0.2) is 120 Å². The van der Waals surface area contributed by atoms with Crippen LogP contribution in [0.25, 0.3) is 6.08 Å². The molecule has 1 unspecified atom stereocenters. The quantitative estimate of drug-likeness (QED) is 0.0311. The highest BCUT2D eigenvalue weighted by Crippen LogP contribution is 2.39. The number of carbonyl (C=O) groups excluding carboxylic acids is 4. The number of hydrogen-bond acceptors (Lipinski definition) is 10. The molecule has 4 aromatic carbocycles. The van der Waals surface area contributed by atoms with Crippen LogP contribution >= 0.6 is 23.1 Å². The molecule has 3 N–H and O–H groups in total. The van der Waals surface area contributed by atoms with Crippen molar-refractivity contribution in [1.82, 2.24) is 10.2 Å². The van der Waals surface area contributed by atoms with E-state index in [1.807, 2.05) is 31.2 Å². The van der Waals surface area contributed by atoms with Gasteiger partial charge in [0, 0.05) is 52.8 Å². The monoisotopic (exact) mass is 803 g/mol. The third-order valence-electron chi connectivity index (χ3n) is 9.08. The second-order valence-electron chi connectivity index (χ2n) is 13.1. The molecule has 1 aliphatic heterocycles. The van der Waals surface area contributed by atoms with E-state index in [9.17, 15) is 29.3 Å². The topological polar surface area (TPSA) is 160 Å². The van der Waals surface area contributed by atoms with Gasteiger partial charge < -0.3 is 20.7 Å². The Balaban J connectivity index is 1.17. The van der Waals surface area contributed by atoms with Crippen LogP contribution in [0.5, 0.6) is 0 Å². The molecule has 57 heavy (non-hydrogen) atoms. The minimum atomic E-state index is -0.625. The maximum atomic E-state index is 13.9. The molecular formula is C43H41N5O7S2. The Kier molecular flexibility index (Phi) is 13.6. The van der Waals surface area contributed by atoms with Gasteiger partial charge in [0.2, 0.25) is 5.91 Å². The van der Waals surface area contributed by atoms with Gasteiger partial charge in [0.15, 0.2) is 0 Å². The van der Waals surface area contributed by atoms with Gasteiger partial charge in [-0.1, -0.05) is 61.5 Å². The lowest BCUT2D eigenvalue weighted by atomic mass is 10.0. The first-order chi connectivity index (χ1) is 27.6. The molecule has 1 atom stereocenters. The summed E-state index contributed by atoms with van der Waals surface area (Å²) >= 11 is 2.73. The molecule has 12 nitrogen and oxygen atoms in total. The van der Waals surface area contributed by atoms with Crippen molar-refractivity contribution in [2.75, 3.05) is 23.8 Å². The van der Waals surface area contributed by atoms with Crippen molar-refractivity contribution in [1.29, 1.82) is 0 Å². The summed E-state index contributed by atoms with van der Waals surface area (Å²) in [4.78, 5) is 68.6. The predicted molar refractivity (Wildman–Crippen MR) is 223 cm³/mol. The molecule has 292 valence electrons. The van der Waals surface area contributed by atoms with Gasteiger partial charge in [-0.3, -0.25) is 29.4 Å². The smallest absolute Gasteiger partial charge is 0.341 e. The number of anilines is 2. The fourth-order valence-electron chi connectivity index (χ4n) is 6.27. The van der Waals surface area contributed by atoms with Crippen molar-refractivity contribution in [3.63, 3.8) is 0 Å². The minimum Gasteiger partial charge on any atom is -0.462 e. The molecule has 2 heterocycles. The lowest BCUT2D eigenvalue weighted by Gasteiger charge is -2.27. The molecule has 5 aromatic rings. The number of esters is 1. The number of nitrogens with zero attached hydrogens (tertiary/aromatic N) is 2. The SMILES string of the molecule is CCOC(=O)c1c(NC(=O)C(CC)Sc2cccc(NC(=O)/C(=C\c3ccc([N+](=O)[O-])cc3)NC(=O)c3ccccc3)c2)sc2c1CCN(Cc1ccccc1)C2. The van der Waals surface area contributed by atoms with Gasteiger partial charge in [-0.2, -0.15) is 0 Å². The number of benzene rings is 4. The molecule has 0 fully saturated rings. The van der Waals surface area contributed by atoms with Gasteiger partial charge in [-0.15, -0.1) is 23.1 Å². The van der Waals surface area contributed by atoms with E-state index < -0.39 is 28.0 Å². The summed E-state index contributed by atoms with van der Waals surface area (Å²) in [5.41, 5.74) is 3.57. The number of carbonyl (C=O) groups is 4. The highest BCUT2D eigenvalue weighted by Gasteiger charge is 2.31. The maximum absolute atomic E-state index is 13.9. The van der Waals surface area contributed by atoms with Gasteiger partial charge >= 0.3 is 5.97 Å². The molecule has 3 amide bonds. The van der Waals surface area contributed by atoms with E-state index in [2.05, 4.69) is 33.0 Å². The van der Waals surface area contributed by atoms with Crippen molar-refractivity contribution >= 4 is 69.2 Å². The van der Waals surface area contributed by atoms with Crippen LogP contribution in [0.4, 0.5) is 16.4 Å². The molecule has 0 radical (unpaired) electrons. The zero-order valence-corrected chi connectivity index (χ0v) is 33.0. The molecule has 0 saturated carbocycles. The molecule has 1 aromatic heterocycles. The fourth-order valence-corrected chi connectivity index (χ4v) is 8.56. The first-order valence-corrected chi connectivity index (χ1v) is 20.1. The number of hydrogen-bond donors (Lipinski definition) is 3. The number of amides is 3. The van der Waals surface area contributed by atoms with Crippen molar-refractivity contribution in [3.05, 3.63) is 158 Å². The number of thiophene rings is 1. The predicted octanol–water partition coefficient (Wildman–Crippen LogP) is 8.31. The van der Waals surface area contributed by atoms with Crippen LogP contribution in [0.3, 0.4) is 0 Å². The third kappa shape index (κ3) is 10.6. The number of ether oxygens (including phenoxy) is 1. The van der Waals surface area contributed by atoms with Gasteiger partial charge in [-0.25, -0.2) is 4.79 Å². The Bertz CT molecular complexity index is 2280. The molecule has 0 aliphatic carbocycles. The van der Waals surface area contributed by atoms with Gasteiger partial charge in [0.25, 0.3) is 17.5 Å². The lowest BCUT2D eigenvalue weighted by Crippen LogP contribution is -2.30. The highest BCUT2D eigenvalue weighted by atomic mass is 32.2. The average molecular weight is 804 g/mol. The number of non-ortho nitro benzene ring substituents is 1. The first kappa shape index (κ1) is 40.6. The number of nitro groups is 1. The van der Waals surface area contributed by atoms with Crippen LogP contribution in [0, 0.1) is 10.1 Å². The zero-order chi connectivity index (χ0) is 40.3. The zero-order valence-electron chi connectivity index (χ0n) is 31.4. The van der Waals surface area contributed by atoms with Crippen molar-refractivity contribution in [2.45, 2.75) is 49.9 Å². The normalized spacial score (nSPS) is 13.2. The fraction of sp³-hybridized carbons (Fsp3) is 0.209. The van der Waals surface area contributed by atoms with Crippen molar-refractivity contribution in [2.24, 2.45) is 0 Å². The number of nitro benzene ring substituents is 1. The second-order valence-corrected chi connectivity index (χ2v) is 15.5. The van der Waals surface area contributed by atoms with E-state index >= 15 is 0 Å². The van der Waals surface area contributed by atoms with Crippen LogP contribution in [-0.2, 0) is 33.8 Å². The third-order valence-corrected chi connectivity index (χ3v) is 11.6. The summed E-state index contributed by atoms with van der Waals surface area (Å²) in [6, 6.07) is 31.2. The molecule has 1 aliphatic rings. The second kappa shape index (κ2) is 19.2. The number of thioether (sulfide) groups is 1. The van der Waals surface area contributed by atoms with Gasteiger partial charge in [0.1, 0.15) is 10.7 Å². The average Bonchev–Trinajstić information content (AvgIpc) is 3.57. The summed E-state index contributed by atoms with van der Waals surface area (Å²) in [5.74, 6) is -1.85. The largest absolute Gasteiger partial charge is 0.462 e. The summed E-state index contributed by atoms with van der Waals surface area (Å²) in [6.45, 7) is 6.08. The Morgan fingerprint density at radius 2 is 1.65 bits per heavy atom. The van der Waals surface area contributed by atoms with Gasteiger partial charge in [-0.05, 0) is 85.0 Å². The molecule has 0 saturated heterocycles. The van der Waals surface area contributed by atoms with E-state index in [4.69, 9.17) is 4.74 Å². The van der Waals surface area contributed by atoms with Crippen LogP contribution in [0.2, 0.25) is 0 Å². The van der Waals surface area contributed by atoms with E-state index in [1.54, 1.807) is 55.5 Å². The maximum Gasteiger partial charge on any atom is 0.341 e. The highest BCUT2D eigenvalue weighted by molar-refractivity contribution is 8.00. The van der Waals surface area contributed by atoms with Crippen LogP contribution in [0.1, 0.15) is 62.6 Å². The summed E-state index contributed by atoms with van der Waals surface area (Å²) in [7, 11) is 0. The Hall–Kier alpha value is -6.09. The standard InChI is InChI=1S/C43H41N5O7S2/c1-3-36(41(51)46-42-38(43(52)55-4-2)34-22-23-47(27-37(34)57-42)26-29-12-7-5-8-13-29)56-33-17-11-16-31(25-33)44-40(50)35(45-39(49)30-14-9-6-10-15-30)24-28-18-20-32(21-19-28)48(53)54/h5-21,24-25,36H,3-4,22-23,26-27H2,1-2H3,(H,44,50)(H,45,49)(H,46,51)/b35-24+. The Morgan fingerprint density at radius 1 is 0.930 bits per heavy atom. The summed E-state index contributed by atoms with van der Waals surface area (Å²) in [5, 5.41) is 19.7. The molecule has 6 rings (SSSR count). The lowest BCUT2D eigenvalue weighted by molar-refractivity contribution is -0.384. The number of fused-ring (bicyclic) bond motifs is 1. The summed E-state index contributed by atoms with van der Waals surface area (Å²) in [6.07, 6.45) is 2.57. The van der Waals surface area contributed by atoms with E-state index in [1.165, 1.54) is 59.0 Å². The van der Waals surface area contributed by atoms with Gasteiger partial charge in [0.05, 0.1) is 22.3 Å². The first-order valence-electron chi connectivity index (χ1n) is 18.4. The van der Waals surface area contributed by atoms with E-state index in [-0.39, 0.29) is 23.9 Å². The van der Waals surface area contributed by atoms with Crippen LogP contribution in [-0.4, -0.2) is 51.9 Å². The molecular weight excluding hydrogens is 763 g/mol. The van der Waals surface area contributed by atoms with Crippen molar-refractivity contribution in [3.8, 4) is 0 Å². The van der Waals surface area contributed by atoms with Crippen LogP contribution < -0.4 is 16.0 Å². The number of nitrogens with one attached hydrogen (secondary N) is 3. The minimum absolute atomic E-state index is 0.0826. The Morgan fingerprint density at radius 3 is 2.33 bits per heavy atom. The number of rotatable bonds is 15. The molecule has 0 spiro atoms. The molecule has 14 heteroatoms. The molecule has 0 bridgehead atoms. The van der Waals surface area contributed by atoms with E-state index in [0.29, 0.717) is 51.7 Å². The Labute approximate surface area is 338 Å². The summed E-state index contributed by atoms with van der Waals surface area (Å²) < 4.78 is 5.44.